The Morgan fingerprint density at radius 2 is 1.94 bits per heavy atom. The van der Waals surface area contributed by atoms with Crippen LogP contribution in [0.25, 0.3) is 0 Å². The van der Waals surface area contributed by atoms with Crippen molar-refractivity contribution in [3.05, 3.63) is 24.3 Å². The number of ether oxygens (including phenoxy) is 2. The van der Waals surface area contributed by atoms with Crippen molar-refractivity contribution >= 4 is 0 Å². The Kier molecular flexibility index (Phi) is 2.70. The van der Waals surface area contributed by atoms with Gasteiger partial charge < -0.3 is 14.8 Å². The summed E-state index contributed by atoms with van der Waals surface area (Å²) in [6.07, 6.45) is 2.92. The molecule has 86 valence electrons. The molecule has 16 heavy (non-hydrogen) atoms. The maximum atomic E-state index is 5.85. The normalized spacial score (nSPS) is 23.1. The highest BCUT2D eigenvalue weighted by Gasteiger charge is 2.23. The van der Waals surface area contributed by atoms with Crippen LogP contribution in [0.5, 0.6) is 11.5 Å². The summed E-state index contributed by atoms with van der Waals surface area (Å²) in [5, 5.41) is 3.44. The van der Waals surface area contributed by atoms with Crippen LogP contribution in [0.3, 0.4) is 0 Å². The molecule has 0 saturated heterocycles. The number of para-hydroxylation sites is 2. The summed E-state index contributed by atoms with van der Waals surface area (Å²) in [5.41, 5.74) is 0. The second-order valence-electron chi connectivity index (χ2n) is 4.60. The molecule has 0 spiro atoms. The van der Waals surface area contributed by atoms with Gasteiger partial charge in [0, 0.05) is 6.54 Å². The standard InChI is InChI=1S/C13H17NO2/c1-2-4-13-12(3-1)15-9-11(16-13)8-14-7-10-5-6-10/h1-4,10-11,14H,5-9H2/t11-/m1/s1. The molecule has 0 unspecified atom stereocenters. The predicted molar refractivity (Wildman–Crippen MR) is 61.9 cm³/mol. The van der Waals surface area contributed by atoms with Gasteiger partial charge in [0.15, 0.2) is 11.5 Å². The molecule has 1 aromatic rings. The Morgan fingerprint density at radius 3 is 2.75 bits per heavy atom. The minimum Gasteiger partial charge on any atom is -0.486 e. The van der Waals surface area contributed by atoms with Crippen molar-refractivity contribution in [2.45, 2.75) is 18.9 Å². The largest absolute Gasteiger partial charge is 0.486 e. The Balaban J connectivity index is 1.51. The van der Waals surface area contributed by atoms with Crippen molar-refractivity contribution in [3.8, 4) is 11.5 Å². The number of fused-ring (bicyclic) bond motifs is 1. The first kappa shape index (κ1) is 9.97. The number of benzene rings is 1. The van der Waals surface area contributed by atoms with E-state index in [1.54, 1.807) is 0 Å². The van der Waals surface area contributed by atoms with E-state index >= 15 is 0 Å². The monoisotopic (exact) mass is 219 g/mol. The van der Waals surface area contributed by atoms with E-state index in [2.05, 4.69) is 5.32 Å². The van der Waals surface area contributed by atoms with Gasteiger partial charge in [0.05, 0.1) is 0 Å². The zero-order valence-corrected chi connectivity index (χ0v) is 9.32. The molecule has 1 heterocycles. The van der Waals surface area contributed by atoms with Gasteiger partial charge in [-0.1, -0.05) is 12.1 Å². The van der Waals surface area contributed by atoms with Crippen LogP contribution in [0, 0.1) is 5.92 Å². The van der Waals surface area contributed by atoms with Gasteiger partial charge >= 0.3 is 0 Å². The molecule has 1 N–H and O–H groups in total. The minimum absolute atomic E-state index is 0.147. The third kappa shape index (κ3) is 2.30. The van der Waals surface area contributed by atoms with Crippen LogP contribution in [0.15, 0.2) is 24.3 Å². The lowest BCUT2D eigenvalue weighted by Gasteiger charge is -2.26. The fourth-order valence-corrected chi connectivity index (χ4v) is 1.93. The first-order chi connectivity index (χ1) is 7.92. The zero-order chi connectivity index (χ0) is 10.8. The van der Waals surface area contributed by atoms with E-state index in [-0.39, 0.29) is 6.10 Å². The highest BCUT2D eigenvalue weighted by molar-refractivity contribution is 5.40. The molecule has 1 aliphatic carbocycles. The van der Waals surface area contributed by atoms with Gasteiger partial charge in [-0.3, -0.25) is 0 Å². The van der Waals surface area contributed by atoms with Crippen molar-refractivity contribution in [1.82, 2.24) is 5.32 Å². The molecule has 0 aromatic heterocycles. The zero-order valence-electron chi connectivity index (χ0n) is 9.32. The minimum atomic E-state index is 0.147. The topological polar surface area (TPSA) is 30.5 Å². The summed E-state index contributed by atoms with van der Waals surface area (Å²) in [6, 6.07) is 7.85. The fourth-order valence-electron chi connectivity index (χ4n) is 1.93. The molecule has 2 aliphatic rings. The van der Waals surface area contributed by atoms with E-state index in [4.69, 9.17) is 9.47 Å². The molecule has 1 aliphatic heterocycles. The Hall–Kier alpha value is -1.22. The van der Waals surface area contributed by atoms with Crippen molar-refractivity contribution in [1.29, 1.82) is 0 Å². The van der Waals surface area contributed by atoms with Gasteiger partial charge in [-0.15, -0.1) is 0 Å². The molecule has 0 bridgehead atoms. The van der Waals surface area contributed by atoms with Crippen LogP contribution in [0.4, 0.5) is 0 Å². The van der Waals surface area contributed by atoms with Crippen molar-refractivity contribution in [2.75, 3.05) is 19.7 Å². The van der Waals surface area contributed by atoms with Gasteiger partial charge in [0.2, 0.25) is 0 Å². The van der Waals surface area contributed by atoms with Crippen LogP contribution in [0.1, 0.15) is 12.8 Å². The summed E-state index contributed by atoms with van der Waals surface area (Å²) >= 11 is 0. The lowest BCUT2D eigenvalue weighted by atomic mass is 10.2. The van der Waals surface area contributed by atoms with Gasteiger partial charge in [0.25, 0.3) is 0 Å². The maximum absolute atomic E-state index is 5.85. The van der Waals surface area contributed by atoms with E-state index in [9.17, 15) is 0 Å². The molecule has 1 fully saturated rings. The van der Waals surface area contributed by atoms with Gasteiger partial charge in [0.1, 0.15) is 12.7 Å². The average Bonchev–Trinajstić information content (AvgIpc) is 3.13. The second-order valence-corrected chi connectivity index (χ2v) is 4.60. The van der Waals surface area contributed by atoms with Gasteiger partial charge in [-0.2, -0.15) is 0 Å². The Morgan fingerprint density at radius 1 is 1.12 bits per heavy atom. The Bertz CT molecular complexity index is 363. The summed E-state index contributed by atoms with van der Waals surface area (Å²) in [7, 11) is 0. The number of hydrogen-bond acceptors (Lipinski definition) is 3. The van der Waals surface area contributed by atoms with Crippen LogP contribution in [-0.2, 0) is 0 Å². The summed E-state index contributed by atoms with van der Waals surface area (Å²) < 4.78 is 11.5. The first-order valence-electron chi connectivity index (χ1n) is 6.01. The van der Waals surface area contributed by atoms with Crippen molar-refractivity contribution in [3.63, 3.8) is 0 Å². The molecular weight excluding hydrogens is 202 g/mol. The first-order valence-corrected chi connectivity index (χ1v) is 6.01. The molecule has 1 saturated carbocycles. The highest BCUT2D eigenvalue weighted by atomic mass is 16.6. The molecular formula is C13H17NO2. The van der Waals surface area contributed by atoms with E-state index in [1.165, 1.54) is 12.8 Å². The summed E-state index contributed by atoms with van der Waals surface area (Å²) in [6.45, 7) is 2.65. The molecule has 1 aromatic carbocycles. The van der Waals surface area contributed by atoms with Crippen molar-refractivity contribution in [2.24, 2.45) is 5.92 Å². The lowest BCUT2D eigenvalue weighted by molar-refractivity contribution is 0.0903. The lowest BCUT2D eigenvalue weighted by Crippen LogP contribution is -2.39. The molecule has 0 radical (unpaired) electrons. The van der Waals surface area contributed by atoms with Crippen LogP contribution in [-0.4, -0.2) is 25.8 Å². The van der Waals surface area contributed by atoms with Crippen LogP contribution in [0.2, 0.25) is 0 Å². The van der Waals surface area contributed by atoms with Crippen LogP contribution >= 0.6 is 0 Å². The second kappa shape index (κ2) is 4.34. The predicted octanol–water partition coefficient (Wildman–Crippen LogP) is 1.83. The highest BCUT2D eigenvalue weighted by Crippen LogP contribution is 2.31. The quantitative estimate of drug-likeness (QED) is 0.838. The van der Waals surface area contributed by atoms with Crippen molar-refractivity contribution < 1.29 is 9.47 Å². The summed E-state index contributed by atoms with van der Waals surface area (Å²) in [5.74, 6) is 2.64. The van der Waals surface area contributed by atoms with Gasteiger partial charge in [-0.05, 0) is 37.4 Å². The fraction of sp³-hybridized carbons (Fsp3) is 0.538. The van der Waals surface area contributed by atoms with E-state index in [1.807, 2.05) is 24.3 Å². The van der Waals surface area contributed by atoms with E-state index in [0.717, 1.165) is 30.5 Å². The third-order valence-electron chi connectivity index (χ3n) is 3.07. The number of rotatable bonds is 4. The van der Waals surface area contributed by atoms with E-state index < -0.39 is 0 Å². The van der Waals surface area contributed by atoms with E-state index in [0.29, 0.717) is 6.61 Å². The molecule has 3 heteroatoms. The Labute approximate surface area is 95.8 Å². The van der Waals surface area contributed by atoms with Gasteiger partial charge in [-0.25, -0.2) is 0 Å². The number of nitrogens with one attached hydrogen (secondary N) is 1. The average molecular weight is 219 g/mol. The molecule has 3 rings (SSSR count). The third-order valence-corrected chi connectivity index (χ3v) is 3.07. The van der Waals surface area contributed by atoms with Crippen LogP contribution < -0.4 is 14.8 Å². The molecule has 1 atom stereocenters. The summed E-state index contributed by atoms with van der Waals surface area (Å²) in [4.78, 5) is 0. The number of hydrogen-bond donors (Lipinski definition) is 1. The molecule has 0 amide bonds. The maximum Gasteiger partial charge on any atom is 0.161 e. The SMILES string of the molecule is c1ccc2c(c1)OC[C@@H](CNCC1CC1)O2. The smallest absolute Gasteiger partial charge is 0.161 e. The molecule has 3 nitrogen and oxygen atoms in total.